The summed E-state index contributed by atoms with van der Waals surface area (Å²) in [6, 6.07) is 0. The Morgan fingerprint density at radius 3 is 2.08 bits per heavy atom. The first-order valence-electron chi connectivity index (χ1n) is 4.48. The van der Waals surface area contributed by atoms with Crippen molar-refractivity contribution in [2.75, 3.05) is 13.2 Å². The molecule has 3 aliphatic heterocycles. The van der Waals surface area contributed by atoms with Gasteiger partial charge in [-0.1, -0.05) is 20.8 Å². The van der Waals surface area contributed by atoms with Crippen molar-refractivity contribution in [2.24, 2.45) is 11.3 Å². The van der Waals surface area contributed by atoms with Crippen LogP contribution >= 0.6 is 7.82 Å². The molecule has 5 heteroatoms. The highest BCUT2D eigenvalue weighted by molar-refractivity contribution is 7.48. The molecule has 2 bridgehead atoms. The quantitative estimate of drug-likeness (QED) is 0.570. The van der Waals surface area contributed by atoms with E-state index >= 15 is 0 Å². The Kier molecular flexibility index (Phi) is 2.08. The summed E-state index contributed by atoms with van der Waals surface area (Å²) < 4.78 is 27.0. The normalized spacial score (nSPS) is 45.2. The van der Waals surface area contributed by atoms with Gasteiger partial charge in [-0.15, -0.1) is 0 Å². The van der Waals surface area contributed by atoms with Gasteiger partial charge in [-0.25, -0.2) is 4.57 Å². The lowest BCUT2D eigenvalue weighted by Gasteiger charge is -2.45. The van der Waals surface area contributed by atoms with Gasteiger partial charge in [0.15, 0.2) is 0 Å². The van der Waals surface area contributed by atoms with E-state index in [4.69, 9.17) is 13.6 Å². The third kappa shape index (κ3) is 1.68. The Morgan fingerprint density at radius 2 is 1.77 bits per heavy atom. The van der Waals surface area contributed by atoms with Gasteiger partial charge in [0.05, 0.1) is 19.3 Å². The molecular formula is C8H15O4P. The molecule has 0 aliphatic carbocycles. The van der Waals surface area contributed by atoms with Crippen LogP contribution in [-0.2, 0) is 18.1 Å². The van der Waals surface area contributed by atoms with Crippen LogP contribution in [0.2, 0.25) is 0 Å². The molecule has 3 heterocycles. The predicted molar refractivity (Wildman–Crippen MR) is 47.3 cm³/mol. The topological polar surface area (TPSA) is 44.8 Å². The standard InChI is InChI=1S/C8H15O4P/c1-8(2,3)7-6-4-10-13(9,12-7)11-5-6/h6-7H,4-5H2,1-3H3. The second-order valence-electron chi connectivity index (χ2n) is 4.69. The van der Waals surface area contributed by atoms with Crippen LogP contribution in [0.4, 0.5) is 0 Å². The third-order valence-corrected chi connectivity index (χ3v) is 3.83. The smallest absolute Gasteiger partial charge is 0.286 e. The molecule has 0 aromatic heterocycles. The number of phosphoric ester groups is 1. The lowest BCUT2D eigenvalue weighted by atomic mass is 9.82. The van der Waals surface area contributed by atoms with Gasteiger partial charge in [0.2, 0.25) is 0 Å². The van der Waals surface area contributed by atoms with Crippen molar-refractivity contribution in [1.82, 2.24) is 0 Å². The second kappa shape index (κ2) is 2.80. The van der Waals surface area contributed by atoms with E-state index in [-0.39, 0.29) is 17.4 Å². The Morgan fingerprint density at radius 1 is 1.23 bits per heavy atom. The summed E-state index contributed by atoms with van der Waals surface area (Å²) in [5.41, 5.74) is -0.00606. The zero-order valence-electron chi connectivity index (χ0n) is 8.15. The summed E-state index contributed by atoms with van der Waals surface area (Å²) >= 11 is 0. The van der Waals surface area contributed by atoms with Crippen LogP contribution in [0.5, 0.6) is 0 Å². The molecule has 0 radical (unpaired) electrons. The minimum absolute atomic E-state index is 0.00606. The lowest BCUT2D eigenvalue weighted by Crippen LogP contribution is -2.46. The zero-order chi connectivity index (χ0) is 9.69. The van der Waals surface area contributed by atoms with E-state index in [2.05, 4.69) is 20.8 Å². The van der Waals surface area contributed by atoms with Gasteiger partial charge >= 0.3 is 7.82 Å². The molecule has 0 amide bonds. The Labute approximate surface area is 78.2 Å². The number of hydrogen-bond acceptors (Lipinski definition) is 4. The predicted octanol–water partition coefficient (Wildman–Crippen LogP) is 2.20. The lowest BCUT2D eigenvalue weighted by molar-refractivity contribution is -0.113. The number of rotatable bonds is 0. The summed E-state index contributed by atoms with van der Waals surface area (Å²) in [4.78, 5) is 0. The molecule has 0 aromatic carbocycles. The first kappa shape index (κ1) is 9.66. The molecule has 76 valence electrons. The Bertz CT molecular complexity index is 245. The van der Waals surface area contributed by atoms with Crippen LogP contribution < -0.4 is 0 Å². The molecule has 1 atom stereocenters. The highest BCUT2D eigenvalue weighted by Gasteiger charge is 2.50. The zero-order valence-corrected chi connectivity index (χ0v) is 9.04. The summed E-state index contributed by atoms with van der Waals surface area (Å²) in [6.07, 6.45) is -0.0131. The van der Waals surface area contributed by atoms with E-state index in [9.17, 15) is 4.57 Å². The largest absolute Gasteiger partial charge is 0.475 e. The Balaban J connectivity index is 2.21. The Hall–Kier alpha value is 0.110. The SMILES string of the molecule is CC(C)(C)C1OP2(=O)OCC1CO2. The van der Waals surface area contributed by atoms with E-state index in [0.717, 1.165) is 0 Å². The molecule has 0 N–H and O–H groups in total. The van der Waals surface area contributed by atoms with Crippen molar-refractivity contribution in [2.45, 2.75) is 26.9 Å². The molecule has 0 saturated carbocycles. The molecule has 0 spiro atoms. The summed E-state index contributed by atoms with van der Waals surface area (Å²) in [5, 5.41) is 0. The van der Waals surface area contributed by atoms with Crippen molar-refractivity contribution in [3.63, 3.8) is 0 Å². The monoisotopic (exact) mass is 206 g/mol. The fraction of sp³-hybridized carbons (Fsp3) is 1.00. The maximum absolute atomic E-state index is 11.6. The van der Waals surface area contributed by atoms with Gasteiger partial charge in [0.25, 0.3) is 0 Å². The third-order valence-electron chi connectivity index (χ3n) is 2.42. The van der Waals surface area contributed by atoms with E-state index in [0.29, 0.717) is 13.2 Å². The van der Waals surface area contributed by atoms with E-state index in [1.165, 1.54) is 0 Å². The van der Waals surface area contributed by atoms with Crippen molar-refractivity contribution in [3.8, 4) is 0 Å². The van der Waals surface area contributed by atoms with Crippen molar-refractivity contribution in [3.05, 3.63) is 0 Å². The fourth-order valence-electron chi connectivity index (χ4n) is 1.79. The molecular weight excluding hydrogens is 191 g/mol. The molecule has 3 saturated heterocycles. The maximum atomic E-state index is 11.6. The first-order chi connectivity index (χ1) is 5.91. The van der Waals surface area contributed by atoms with Crippen LogP contribution in [0, 0.1) is 11.3 Å². The van der Waals surface area contributed by atoms with Gasteiger partial charge in [-0.05, 0) is 5.41 Å². The van der Waals surface area contributed by atoms with Crippen LogP contribution in [0.15, 0.2) is 0 Å². The summed E-state index contributed by atoms with van der Waals surface area (Å²) in [5.74, 6) is 0.218. The van der Waals surface area contributed by atoms with E-state index in [1.54, 1.807) is 0 Å². The van der Waals surface area contributed by atoms with Gasteiger partial charge < -0.3 is 0 Å². The van der Waals surface area contributed by atoms with Crippen molar-refractivity contribution < 1.29 is 18.1 Å². The van der Waals surface area contributed by atoms with Crippen LogP contribution in [-0.4, -0.2) is 19.3 Å². The highest BCUT2D eigenvalue weighted by atomic mass is 31.2. The molecule has 1 unspecified atom stereocenters. The summed E-state index contributed by atoms with van der Waals surface area (Å²) in [6.45, 7) is 7.22. The van der Waals surface area contributed by atoms with Crippen molar-refractivity contribution in [1.29, 1.82) is 0 Å². The first-order valence-corrected chi connectivity index (χ1v) is 5.94. The van der Waals surface area contributed by atoms with E-state index < -0.39 is 7.82 Å². The molecule has 13 heavy (non-hydrogen) atoms. The molecule has 0 aromatic rings. The fourth-order valence-corrected chi connectivity index (χ4v) is 3.50. The molecule has 3 aliphatic rings. The highest BCUT2D eigenvalue weighted by Crippen LogP contribution is 2.61. The van der Waals surface area contributed by atoms with Crippen LogP contribution in [0.25, 0.3) is 0 Å². The average molecular weight is 206 g/mol. The number of hydrogen-bond donors (Lipinski definition) is 0. The van der Waals surface area contributed by atoms with Gasteiger partial charge in [-0.3, -0.25) is 13.6 Å². The molecule has 4 nitrogen and oxygen atoms in total. The maximum Gasteiger partial charge on any atom is 0.475 e. The van der Waals surface area contributed by atoms with Crippen LogP contribution in [0.3, 0.4) is 0 Å². The number of phosphoric acid groups is 1. The molecule has 3 rings (SSSR count). The minimum atomic E-state index is -3.18. The van der Waals surface area contributed by atoms with E-state index in [1.807, 2.05) is 0 Å². The van der Waals surface area contributed by atoms with Gasteiger partial charge in [0, 0.05) is 5.92 Å². The van der Waals surface area contributed by atoms with Gasteiger partial charge in [0.1, 0.15) is 0 Å². The van der Waals surface area contributed by atoms with Crippen LogP contribution in [0.1, 0.15) is 20.8 Å². The van der Waals surface area contributed by atoms with Crippen molar-refractivity contribution >= 4 is 7.82 Å². The summed E-state index contributed by atoms with van der Waals surface area (Å²) in [7, 11) is -3.18. The second-order valence-corrected chi connectivity index (χ2v) is 6.31. The molecule has 3 fully saturated rings. The van der Waals surface area contributed by atoms with Gasteiger partial charge in [-0.2, -0.15) is 0 Å². The number of fused-ring (bicyclic) bond motifs is 3. The average Bonchev–Trinajstić information content (AvgIpc) is 2.03. The minimum Gasteiger partial charge on any atom is -0.286 e.